The molecule has 2 rings (SSSR count). The van der Waals surface area contributed by atoms with E-state index in [2.05, 4.69) is 31.2 Å². The van der Waals surface area contributed by atoms with Crippen LogP contribution in [0.3, 0.4) is 0 Å². The minimum Gasteiger partial charge on any atom is -0.508 e. The molecule has 0 fully saturated rings. The van der Waals surface area contributed by atoms with Crippen molar-refractivity contribution in [3.63, 3.8) is 0 Å². The average Bonchev–Trinajstić information content (AvgIpc) is 2.41. The van der Waals surface area contributed by atoms with Crippen molar-refractivity contribution in [2.75, 3.05) is 0 Å². The van der Waals surface area contributed by atoms with E-state index in [-0.39, 0.29) is 0 Å². The Balaban J connectivity index is 2.06. The second-order valence-corrected chi connectivity index (χ2v) is 4.72. The van der Waals surface area contributed by atoms with Crippen LogP contribution in [0.1, 0.15) is 29.5 Å². The molecule has 0 heterocycles. The van der Waals surface area contributed by atoms with Gasteiger partial charge in [0.05, 0.1) is 0 Å². The highest BCUT2D eigenvalue weighted by Crippen LogP contribution is 2.21. The minimum atomic E-state index is 0.318. The lowest BCUT2D eigenvalue weighted by Gasteiger charge is -2.12. The first-order chi connectivity index (χ1) is 8.69. The number of rotatable bonds is 4. The van der Waals surface area contributed by atoms with Crippen molar-refractivity contribution in [2.45, 2.75) is 25.8 Å². The van der Waals surface area contributed by atoms with Crippen LogP contribution in [0.25, 0.3) is 0 Å². The predicted octanol–water partition coefficient (Wildman–Crippen LogP) is 3.20. The van der Waals surface area contributed by atoms with Crippen molar-refractivity contribution < 1.29 is 5.11 Å². The Hall–Kier alpha value is -1.80. The number of nitrogens with two attached hydrogens (primary N) is 1. The van der Waals surface area contributed by atoms with Crippen molar-refractivity contribution >= 4 is 0 Å². The molecular weight excluding hydrogens is 222 g/mol. The van der Waals surface area contributed by atoms with Gasteiger partial charge in [-0.3, -0.25) is 0 Å². The van der Waals surface area contributed by atoms with Crippen molar-refractivity contribution in [1.82, 2.24) is 0 Å². The van der Waals surface area contributed by atoms with Crippen LogP contribution < -0.4 is 5.73 Å². The fourth-order valence-corrected chi connectivity index (χ4v) is 2.09. The molecule has 2 aromatic rings. The normalized spacial score (nSPS) is 12.3. The molecule has 0 saturated carbocycles. The maximum absolute atomic E-state index is 9.25. The third kappa shape index (κ3) is 3.11. The van der Waals surface area contributed by atoms with Gasteiger partial charge in [-0.25, -0.2) is 0 Å². The molecule has 0 aliphatic heterocycles. The van der Waals surface area contributed by atoms with Crippen molar-refractivity contribution in [1.29, 1.82) is 0 Å². The number of phenols is 1. The van der Waals surface area contributed by atoms with E-state index in [1.165, 1.54) is 11.1 Å². The van der Waals surface area contributed by atoms with E-state index in [1.807, 2.05) is 12.1 Å². The minimum absolute atomic E-state index is 0.318. The molecule has 2 heteroatoms. The highest BCUT2D eigenvalue weighted by atomic mass is 16.3. The van der Waals surface area contributed by atoms with Gasteiger partial charge in [-0.05, 0) is 41.2 Å². The lowest BCUT2D eigenvalue weighted by molar-refractivity contribution is 0.475. The van der Waals surface area contributed by atoms with E-state index in [9.17, 15) is 5.11 Å². The van der Waals surface area contributed by atoms with Crippen LogP contribution in [0.15, 0.2) is 48.5 Å². The Bertz CT molecular complexity index is 488. The standard InChI is InChI=1S/C16H19NO/c1-12(10-13-4-8-16(18)9-5-13)15-6-2-14(11-17)3-7-15/h2-9,12,18H,10-11,17H2,1H3. The molecule has 0 aromatic heterocycles. The summed E-state index contributed by atoms with van der Waals surface area (Å²) in [5, 5.41) is 9.25. The molecular formula is C16H19NO. The topological polar surface area (TPSA) is 46.2 Å². The van der Waals surface area contributed by atoms with E-state index in [1.54, 1.807) is 12.1 Å². The summed E-state index contributed by atoms with van der Waals surface area (Å²) in [5.74, 6) is 0.778. The summed E-state index contributed by atoms with van der Waals surface area (Å²) >= 11 is 0. The Morgan fingerprint density at radius 1 is 0.944 bits per heavy atom. The molecule has 18 heavy (non-hydrogen) atoms. The number of aromatic hydroxyl groups is 1. The van der Waals surface area contributed by atoms with Gasteiger partial charge in [0.2, 0.25) is 0 Å². The van der Waals surface area contributed by atoms with Gasteiger partial charge in [0, 0.05) is 6.54 Å². The molecule has 2 nitrogen and oxygen atoms in total. The Morgan fingerprint density at radius 3 is 2.06 bits per heavy atom. The van der Waals surface area contributed by atoms with Gasteiger partial charge in [0.1, 0.15) is 5.75 Å². The highest BCUT2D eigenvalue weighted by molar-refractivity contribution is 5.30. The van der Waals surface area contributed by atoms with Crippen molar-refractivity contribution in [2.24, 2.45) is 5.73 Å². The third-order valence-electron chi connectivity index (χ3n) is 3.26. The highest BCUT2D eigenvalue weighted by Gasteiger charge is 2.06. The molecule has 2 aromatic carbocycles. The summed E-state index contributed by atoms with van der Waals surface area (Å²) in [6.07, 6.45) is 0.974. The van der Waals surface area contributed by atoms with Gasteiger partial charge in [-0.2, -0.15) is 0 Å². The molecule has 0 amide bonds. The van der Waals surface area contributed by atoms with Crippen LogP contribution in [-0.4, -0.2) is 5.11 Å². The summed E-state index contributed by atoms with van der Waals surface area (Å²) in [5.41, 5.74) is 9.31. The molecule has 0 aliphatic carbocycles. The summed E-state index contributed by atoms with van der Waals surface area (Å²) < 4.78 is 0. The third-order valence-corrected chi connectivity index (χ3v) is 3.26. The molecule has 0 saturated heterocycles. The molecule has 3 N–H and O–H groups in total. The number of phenolic OH excluding ortho intramolecular Hbond substituents is 1. The van der Waals surface area contributed by atoms with E-state index >= 15 is 0 Å². The molecule has 0 bridgehead atoms. The van der Waals surface area contributed by atoms with Crippen LogP contribution in [0.4, 0.5) is 0 Å². The zero-order valence-electron chi connectivity index (χ0n) is 10.6. The first-order valence-electron chi connectivity index (χ1n) is 6.26. The first kappa shape index (κ1) is 12.7. The van der Waals surface area contributed by atoms with Gasteiger partial charge in [0.25, 0.3) is 0 Å². The zero-order chi connectivity index (χ0) is 13.0. The van der Waals surface area contributed by atoms with Gasteiger partial charge < -0.3 is 10.8 Å². The van der Waals surface area contributed by atoms with Crippen LogP contribution in [0.5, 0.6) is 5.75 Å². The van der Waals surface area contributed by atoms with Crippen LogP contribution in [0.2, 0.25) is 0 Å². The van der Waals surface area contributed by atoms with E-state index in [0.29, 0.717) is 18.2 Å². The first-order valence-corrected chi connectivity index (χ1v) is 6.26. The number of hydrogen-bond donors (Lipinski definition) is 2. The largest absolute Gasteiger partial charge is 0.508 e. The van der Waals surface area contributed by atoms with E-state index in [4.69, 9.17) is 5.73 Å². The lowest BCUT2D eigenvalue weighted by atomic mass is 9.93. The van der Waals surface area contributed by atoms with Crippen molar-refractivity contribution in [3.05, 3.63) is 65.2 Å². The molecule has 0 spiro atoms. The van der Waals surface area contributed by atoms with Crippen LogP contribution in [-0.2, 0) is 13.0 Å². The molecule has 1 unspecified atom stereocenters. The fraction of sp³-hybridized carbons (Fsp3) is 0.250. The summed E-state index contributed by atoms with van der Waals surface area (Å²) in [6, 6.07) is 15.9. The van der Waals surface area contributed by atoms with Crippen LogP contribution >= 0.6 is 0 Å². The Morgan fingerprint density at radius 2 is 1.50 bits per heavy atom. The van der Waals surface area contributed by atoms with Gasteiger partial charge in [-0.15, -0.1) is 0 Å². The monoisotopic (exact) mass is 241 g/mol. The second kappa shape index (κ2) is 5.69. The fourth-order valence-electron chi connectivity index (χ4n) is 2.09. The second-order valence-electron chi connectivity index (χ2n) is 4.72. The van der Waals surface area contributed by atoms with E-state index in [0.717, 1.165) is 12.0 Å². The van der Waals surface area contributed by atoms with Crippen molar-refractivity contribution in [3.8, 4) is 5.75 Å². The zero-order valence-corrected chi connectivity index (χ0v) is 10.6. The van der Waals surface area contributed by atoms with Crippen LogP contribution in [0, 0.1) is 0 Å². The summed E-state index contributed by atoms with van der Waals surface area (Å²) in [7, 11) is 0. The van der Waals surface area contributed by atoms with Gasteiger partial charge >= 0.3 is 0 Å². The molecule has 1 atom stereocenters. The maximum Gasteiger partial charge on any atom is 0.115 e. The summed E-state index contributed by atoms with van der Waals surface area (Å²) in [4.78, 5) is 0. The van der Waals surface area contributed by atoms with E-state index < -0.39 is 0 Å². The maximum atomic E-state index is 9.25. The van der Waals surface area contributed by atoms with Gasteiger partial charge in [-0.1, -0.05) is 43.3 Å². The predicted molar refractivity (Wildman–Crippen MR) is 74.6 cm³/mol. The molecule has 0 aliphatic rings. The average molecular weight is 241 g/mol. The Kier molecular flexibility index (Phi) is 4.00. The molecule has 0 radical (unpaired) electrons. The SMILES string of the molecule is CC(Cc1ccc(O)cc1)c1ccc(CN)cc1. The number of hydrogen-bond acceptors (Lipinski definition) is 2. The summed E-state index contributed by atoms with van der Waals surface area (Å²) in [6.45, 7) is 2.80. The van der Waals surface area contributed by atoms with Gasteiger partial charge in [0.15, 0.2) is 0 Å². The quantitative estimate of drug-likeness (QED) is 0.863. The molecule has 94 valence electrons. The lowest BCUT2D eigenvalue weighted by Crippen LogP contribution is -2.00. The Labute approximate surface area is 108 Å². The number of benzene rings is 2. The smallest absolute Gasteiger partial charge is 0.115 e.